The Hall–Kier alpha value is -1.77. The molecule has 1 aromatic carbocycles. The lowest BCUT2D eigenvalue weighted by Gasteiger charge is -2.07. The molecular formula is C10H9NO2. The molecule has 1 atom stereocenters. The second-order valence-corrected chi connectivity index (χ2v) is 3.04. The van der Waals surface area contributed by atoms with Gasteiger partial charge in [0.15, 0.2) is 0 Å². The van der Waals surface area contributed by atoms with Gasteiger partial charge in [0.05, 0.1) is 0 Å². The Morgan fingerprint density at radius 2 is 2.08 bits per heavy atom. The second kappa shape index (κ2) is 2.62. The average Bonchev–Trinajstić information content (AvgIpc) is 2.39. The molecule has 0 amide bonds. The summed E-state index contributed by atoms with van der Waals surface area (Å²) < 4.78 is 0. The van der Waals surface area contributed by atoms with Gasteiger partial charge in [-0.1, -0.05) is 24.3 Å². The van der Waals surface area contributed by atoms with E-state index in [1.807, 2.05) is 18.2 Å². The van der Waals surface area contributed by atoms with Gasteiger partial charge in [0.25, 0.3) is 0 Å². The van der Waals surface area contributed by atoms with Crippen molar-refractivity contribution in [2.24, 2.45) is 5.73 Å². The average molecular weight is 175 g/mol. The van der Waals surface area contributed by atoms with Crippen molar-refractivity contribution in [3.63, 3.8) is 0 Å². The van der Waals surface area contributed by atoms with E-state index in [1.165, 1.54) is 0 Å². The fourth-order valence-corrected chi connectivity index (χ4v) is 1.62. The van der Waals surface area contributed by atoms with E-state index in [1.54, 1.807) is 12.1 Å². The molecule has 0 bridgehead atoms. The molecule has 0 heterocycles. The number of benzene rings is 1. The van der Waals surface area contributed by atoms with Crippen molar-refractivity contribution >= 4 is 12.0 Å². The Labute approximate surface area is 75.5 Å². The van der Waals surface area contributed by atoms with Crippen LogP contribution in [0.1, 0.15) is 17.0 Å². The molecule has 3 heteroatoms. The van der Waals surface area contributed by atoms with Gasteiger partial charge in [-0.2, -0.15) is 0 Å². The minimum atomic E-state index is -0.890. The SMILES string of the molecule is NC1=Cc2ccccc2C1C(=O)O. The summed E-state index contributed by atoms with van der Waals surface area (Å²) in [6.07, 6.45) is 1.72. The number of carbonyl (C=O) groups is 1. The van der Waals surface area contributed by atoms with Crippen LogP contribution >= 0.6 is 0 Å². The molecule has 13 heavy (non-hydrogen) atoms. The third-order valence-corrected chi connectivity index (χ3v) is 2.21. The first-order chi connectivity index (χ1) is 6.20. The maximum absolute atomic E-state index is 10.9. The van der Waals surface area contributed by atoms with Crippen LogP contribution in [0.3, 0.4) is 0 Å². The smallest absolute Gasteiger partial charge is 0.317 e. The molecule has 0 saturated carbocycles. The first-order valence-electron chi connectivity index (χ1n) is 3.99. The topological polar surface area (TPSA) is 63.3 Å². The lowest BCUT2D eigenvalue weighted by molar-refractivity contribution is -0.137. The molecule has 1 aliphatic rings. The highest BCUT2D eigenvalue weighted by Gasteiger charge is 2.28. The van der Waals surface area contributed by atoms with Gasteiger partial charge in [0.1, 0.15) is 5.92 Å². The first-order valence-corrected chi connectivity index (χ1v) is 3.99. The van der Waals surface area contributed by atoms with Crippen molar-refractivity contribution in [2.75, 3.05) is 0 Å². The number of carboxylic acids is 1. The Balaban J connectivity index is 2.55. The van der Waals surface area contributed by atoms with Gasteiger partial charge in [0, 0.05) is 5.70 Å². The Bertz CT molecular complexity index is 396. The fourth-order valence-electron chi connectivity index (χ4n) is 1.62. The number of hydrogen-bond acceptors (Lipinski definition) is 2. The predicted octanol–water partition coefficient (Wildman–Crippen LogP) is 1.17. The monoisotopic (exact) mass is 175 g/mol. The van der Waals surface area contributed by atoms with Crippen molar-refractivity contribution in [3.8, 4) is 0 Å². The van der Waals surface area contributed by atoms with Gasteiger partial charge in [-0.3, -0.25) is 4.79 Å². The minimum Gasteiger partial charge on any atom is -0.480 e. The summed E-state index contributed by atoms with van der Waals surface area (Å²) in [4.78, 5) is 10.9. The third-order valence-electron chi connectivity index (χ3n) is 2.21. The highest BCUT2D eigenvalue weighted by molar-refractivity contribution is 5.87. The van der Waals surface area contributed by atoms with Gasteiger partial charge in [0.2, 0.25) is 0 Å². The van der Waals surface area contributed by atoms with Gasteiger partial charge in [-0.05, 0) is 17.2 Å². The maximum atomic E-state index is 10.9. The van der Waals surface area contributed by atoms with Crippen molar-refractivity contribution in [3.05, 3.63) is 41.1 Å². The fraction of sp³-hybridized carbons (Fsp3) is 0.100. The number of nitrogens with two attached hydrogens (primary N) is 1. The molecule has 0 saturated heterocycles. The van der Waals surface area contributed by atoms with Crippen molar-refractivity contribution in [1.82, 2.24) is 0 Å². The highest BCUT2D eigenvalue weighted by Crippen LogP contribution is 2.33. The van der Waals surface area contributed by atoms with Crippen LogP contribution in [0.2, 0.25) is 0 Å². The Morgan fingerprint density at radius 3 is 2.77 bits per heavy atom. The van der Waals surface area contributed by atoms with Crippen LogP contribution in [-0.2, 0) is 4.79 Å². The lowest BCUT2D eigenvalue weighted by Crippen LogP contribution is -2.15. The predicted molar refractivity (Wildman–Crippen MR) is 49.0 cm³/mol. The number of aliphatic carboxylic acids is 1. The van der Waals surface area contributed by atoms with Crippen molar-refractivity contribution < 1.29 is 9.90 Å². The Morgan fingerprint density at radius 1 is 1.38 bits per heavy atom. The molecule has 0 spiro atoms. The lowest BCUT2D eigenvalue weighted by atomic mass is 10.00. The van der Waals surface area contributed by atoms with Crippen LogP contribution < -0.4 is 5.73 Å². The molecule has 0 aliphatic heterocycles. The van der Waals surface area contributed by atoms with Crippen LogP contribution in [0, 0.1) is 0 Å². The number of rotatable bonds is 1. The largest absolute Gasteiger partial charge is 0.480 e. The van der Waals surface area contributed by atoms with Gasteiger partial charge >= 0.3 is 5.97 Å². The van der Waals surface area contributed by atoms with E-state index in [9.17, 15) is 4.79 Å². The molecule has 3 N–H and O–H groups in total. The summed E-state index contributed by atoms with van der Waals surface area (Å²) >= 11 is 0. The highest BCUT2D eigenvalue weighted by atomic mass is 16.4. The molecule has 1 aromatic rings. The van der Waals surface area contributed by atoms with Gasteiger partial charge in [-0.25, -0.2) is 0 Å². The molecule has 3 nitrogen and oxygen atoms in total. The first kappa shape index (κ1) is 7.86. The summed E-state index contributed by atoms with van der Waals surface area (Å²) in [7, 11) is 0. The molecule has 1 aliphatic carbocycles. The van der Waals surface area contributed by atoms with Crippen LogP contribution in [0.4, 0.5) is 0 Å². The summed E-state index contributed by atoms with van der Waals surface area (Å²) in [6, 6.07) is 7.35. The molecule has 66 valence electrons. The summed E-state index contributed by atoms with van der Waals surface area (Å²) in [6.45, 7) is 0. The van der Waals surface area contributed by atoms with Crippen LogP contribution in [-0.4, -0.2) is 11.1 Å². The van der Waals surface area contributed by atoms with Crippen molar-refractivity contribution in [2.45, 2.75) is 5.92 Å². The second-order valence-electron chi connectivity index (χ2n) is 3.04. The zero-order chi connectivity index (χ0) is 9.42. The van der Waals surface area contributed by atoms with E-state index in [2.05, 4.69) is 0 Å². The summed E-state index contributed by atoms with van der Waals surface area (Å²) in [5.41, 5.74) is 7.72. The van der Waals surface area contributed by atoms with E-state index in [4.69, 9.17) is 10.8 Å². The van der Waals surface area contributed by atoms with E-state index >= 15 is 0 Å². The standard InChI is InChI=1S/C10H9NO2/c11-8-5-6-3-1-2-4-7(6)9(8)10(12)13/h1-5,9H,11H2,(H,12,13). The van der Waals surface area contributed by atoms with E-state index in [0.717, 1.165) is 11.1 Å². The van der Waals surface area contributed by atoms with Crippen LogP contribution in [0.25, 0.3) is 6.08 Å². The minimum absolute atomic E-state index is 0.411. The number of carboxylic acid groups (broad SMARTS) is 1. The molecule has 1 unspecified atom stereocenters. The van der Waals surface area contributed by atoms with E-state index in [-0.39, 0.29) is 0 Å². The normalized spacial score (nSPS) is 19.4. The summed E-state index contributed by atoms with van der Waals surface area (Å²) in [5, 5.41) is 8.91. The third kappa shape index (κ3) is 1.09. The van der Waals surface area contributed by atoms with E-state index in [0.29, 0.717) is 5.70 Å². The van der Waals surface area contributed by atoms with E-state index < -0.39 is 11.9 Å². The maximum Gasteiger partial charge on any atom is 0.317 e. The van der Waals surface area contributed by atoms with Gasteiger partial charge < -0.3 is 10.8 Å². The number of hydrogen-bond donors (Lipinski definition) is 2. The quantitative estimate of drug-likeness (QED) is 0.673. The van der Waals surface area contributed by atoms with Gasteiger partial charge in [-0.15, -0.1) is 0 Å². The molecule has 0 fully saturated rings. The molecule has 0 aromatic heterocycles. The summed E-state index contributed by atoms with van der Waals surface area (Å²) in [5.74, 6) is -1.55. The molecule has 2 rings (SSSR count). The number of fused-ring (bicyclic) bond motifs is 1. The zero-order valence-electron chi connectivity index (χ0n) is 6.90. The van der Waals surface area contributed by atoms with Crippen LogP contribution in [0.15, 0.2) is 30.0 Å². The zero-order valence-corrected chi connectivity index (χ0v) is 6.90. The molecular weight excluding hydrogens is 166 g/mol. The van der Waals surface area contributed by atoms with Crippen molar-refractivity contribution in [1.29, 1.82) is 0 Å². The van der Waals surface area contributed by atoms with Crippen LogP contribution in [0.5, 0.6) is 0 Å². The Kier molecular flexibility index (Phi) is 1.59. The molecule has 0 radical (unpaired) electrons.